The molecule has 6 nitrogen and oxygen atoms in total. The van der Waals surface area contributed by atoms with Crippen molar-refractivity contribution in [1.82, 2.24) is 10.0 Å². The number of hydrogen-bond acceptors (Lipinski definition) is 4. The monoisotopic (exact) mass is 424 g/mol. The summed E-state index contributed by atoms with van der Waals surface area (Å²) in [5, 5.41) is 2.97. The number of sulfonamides is 1. The lowest BCUT2D eigenvalue weighted by molar-refractivity contribution is -0.122. The van der Waals surface area contributed by atoms with Crippen LogP contribution in [0.5, 0.6) is 5.75 Å². The van der Waals surface area contributed by atoms with E-state index >= 15 is 0 Å². The van der Waals surface area contributed by atoms with Gasteiger partial charge in [-0.05, 0) is 36.1 Å². The number of hydrogen-bond donors (Lipinski definition) is 2. The van der Waals surface area contributed by atoms with Gasteiger partial charge in [0, 0.05) is 6.54 Å². The molecule has 0 aliphatic carbocycles. The topological polar surface area (TPSA) is 84.5 Å². The zero-order valence-corrected chi connectivity index (χ0v) is 17.7. The summed E-state index contributed by atoms with van der Waals surface area (Å²) in [6.45, 7) is 4.40. The Hall–Kier alpha value is -2.09. The van der Waals surface area contributed by atoms with Gasteiger partial charge in [-0.15, -0.1) is 0 Å². The van der Waals surface area contributed by atoms with Crippen molar-refractivity contribution in [2.75, 3.05) is 13.7 Å². The Morgan fingerprint density at radius 1 is 1.14 bits per heavy atom. The average Bonchev–Trinajstić information content (AvgIpc) is 2.66. The van der Waals surface area contributed by atoms with Crippen molar-refractivity contribution in [2.24, 2.45) is 5.92 Å². The molecule has 2 N–H and O–H groups in total. The van der Waals surface area contributed by atoms with Gasteiger partial charge in [0.15, 0.2) is 0 Å². The predicted octanol–water partition coefficient (Wildman–Crippen LogP) is 3.01. The van der Waals surface area contributed by atoms with E-state index in [1.54, 1.807) is 0 Å². The minimum Gasteiger partial charge on any atom is -0.495 e. The molecule has 0 aromatic heterocycles. The van der Waals surface area contributed by atoms with Gasteiger partial charge < -0.3 is 10.1 Å². The van der Waals surface area contributed by atoms with Gasteiger partial charge >= 0.3 is 0 Å². The van der Waals surface area contributed by atoms with Crippen LogP contribution in [0.15, 0.2) is 53.4 Å². The predicted molar refractivity (Wildman–Crippen MR) is 110 cm³/mol. The molecule has 152 valence electrons. The highest BCUT2D eigenvalue weighted by Crippen LogP contribution is 2.27. The molecule has 28 heavy (non-hydrogen) atoms. The quantitative estimate of drug-likeness (QED) is 0.648. The van der Waals surface area contributed by atoms with Gasteiger partial charge in [-0.25, -0.2) is 8.42 Å². The van der Waals surface area contributed by atoms with Crippen LogP contribution < -0.4 is 14.8 Å². The number of rotatable bonds is 9. The Labute approximate surface area is 171 Å². The summed E-state index contributed by atoms with van der Waals surface area (Å²) in [6.07, 6.45) is 0.230. The van der Waals surface area contributed by atoms with E-state index < -0.39 is 16.1 Å². The van der Waals surface area contributed by atoms with Crippen molar-refractivity contribution in [3.05, 3.63) is 59.1 Å². The number of carbonyl (C=O) groups excluding carboxylic acids is 1. The fourth-order valence-corrected chi connectivity index (χ4v) is 4.08. The molecular weight excluding hydrogens is 400 g/mol. The molecular formula is C20H25ClN2O4S. The third-order valence-corrected chi connectivity index (χ3v) is 5.78. The van der Waals surface area contributed by atoms with Crippen LogP contribution in [0.3, 0.4) is 0 Å². The van der Waals surface area contributed by atoms with E-state index in [4.69, 9.17) is 16.3 Å². The van der Waals surface area contributed by atoms with Gasteiger partial charge in [-0.1, -0.05) is 55.8 Å². The third-order valence-electron chi connectivity index (χ3n) is 4.01. The molecule has 0 aliphatic rings. The summed E-state index contributed by atoms with van der Waals surface area (Å²) in [5.74, 6) is 0.246. The Morgan fingerprint density at radius 3 is 2.39 bits per heavy atom. The summed E-state index contributed by atoms with van der Waals surface area (Å²) < 4.78 is 33.2. The SMILES string of the molecule is COc1ccc(S(=O)(=O)N[C@H](Cc2ccccc2)C(=O)NCC(C)C)cc1Cl. The molecule has 0 unspecified atom stereocenters. The summed E-state index contributed by atoms with van der Waals surface area (Å²) in [7, 11) is -2.51. The number of amides is 1. The van der Waals surface area contributed by atoms with Crippen molar-refractivity contribution in [1.29, 1.82) is 0 Å². The first-order chi connectivity index (χ1) is 13.2. The van der Waals surface area contributed by atoms with Crippen molar-refractivity contribution in [3.8, 4) is 5.75 Å². The first-order valence-corrected chi connectivity index (χ1v) is 10.8. The van der Waals surface area contributed by atoms with Crippen LogP contribution in [-0.4, -0.2) is 34.0 Å². The van der Waals surface area contributed by atoms with E-state index in [2.05, 4.69) is 10.0 Å². The van der Waals surface area contributed by atoms with Crippen LogP contribution in [-0.2, 0) is 21.2 Å². The Bertz CT molecular complexity index is 902. The summed E-state index contributed by atoms with van der Waals surface area (Å²) in [6, 6.07) is 12.5. The molecule has 0 saturated carbocycles. The summed E-state index contributed by atoms with van der Waals surface area (Å²) >= 11 is 6.05. The molecule has 2 aromatic rings. The second-order valence-electron chi connectivity index (χ2n) is 6.80. The summed E-state index contributed by atoms with van der Waals surface area (Å²) in [4.78, 5) is 12.6. The molecule has 8 heteroatoms. The minimum absolute atomic E-state index is 0.0342. The molecule has 0 heterocycles. The molecule has 0 aliphatic heterocycles. The number of benzene rings is 2. The maximum atomic E-state index is 12.8. The fourth-order valence-electron chi connectivity index (χ4n) is 2.54. The van der Waals surface area contributed by atoms with Crippen LogP contribution in [0.4, 0.5) is 0 Å². The van der Waals surface area contributed by atoms with E-state index in [0.717, 1.165) is 5.56 Å². The molecule has 1 amide bonds. The highest BCUT2D eigenvalue weighted by molar-refractivity contribution is 7.89. The lowest BCUT2D eigenvalue weighted by atomic mass is 10.1. The minimum atomic E-state index is -3.96. The maximum Gasteiger partial charge on any atom is 0.241 e. The normalized spacial score (nSPS) is 12.6. The highest BCUT2D eigenvalue weighted by atomic mass is 35.5. The van der Waals surface area contributed by atoms with Crippen LogP contribution in [0.25, 0.3) is 0 Å². The van der Waals surface area contributed by atoms with Gasteiger partial charge in [0.05, 0.1) is 17.0 Å². The molecule has 2 aromatic carbocycles. The number of carbonyl (C=O) groups is 1. The van der Waals surface area contributed by atoms with Gasteiger partial charge in [-0.3, -0.25) is 4.79 Å². The zero-order valence-electron chi connectivity index (χ0n) is 16.1. The standard InChI is InChI=1S/C20H25ClN2O4S/c1-14(2)13-22-20(24)18(11-15-7-5-4-6-8-15)23-28(25,26)16-9-10-19(27-3)17(21)12-16/h4-10,12,14,18,23H,11,13H2,1-3H3,(H,22,24)/t18-/m1/s1. The van der Waals surface area contributed by atoms with Gasteiger partial charge in [0.2, 0.25) is 15.9 Å². The van der Waals surface area contributed by atoms with Crippen LogP contribution >= 0.6 is 11.6 Å². The first kappa shape index (κ1) is 22.2. The van der Waals surface area contributed by atoms with Gasteiger partial charge in [0.25, 0.3) is 0 Å². The van der Waals surface area contributed by atoms with Crippen LogP contribution in [0.2, 0.25) is 5.02 Å². The molecule has 0 spiro atoms. The first-order valence-electron chi connectivity index (χ1n) is 8.90. The number of nitrogens with one attached hydrogen (secondary N) is 2. The van der Waals surface area contributed by atoms with E-state index in [9.17, 15) is 13.2 Å². The van der Waals surface area contributed by atoms with E-state index in [-0.39, 0.29) is 28.2 Å². The van der Waals surface area contributed by atoms with Crippen molar-refractivity contribution in [2.45, 2.75) is 31.2 Å². The van der Waals surface area contributed by atoms with E-state index in [0.29, 0.717) is 12.3 Å². The Morgan fingerprint density at radius 2 is 1.82 bits per heavy atom. The van der Waals surface area contributed by atoms with Gasteiger partial charge in [0.1, 0.15) is 11.8 Å². The number of methoxy groups -OCH3 is 1. The maximum absolute atomic E-state index is 12.8. The van der Waals surface area contributed by atoms with Gasteiger partial charge in [-0.2, -0.15) is 4.72 Å². The summed E-state index contributed by atoms with van der Waals surface area (Å²) in [5.41, 5.74) is 0.850. The fraction of sp³-hybridized carbons (Fsp3) is 0.350. The Kier molecular flexibility index (Phi) is 7.86. The lowest BCUT2D eigenvalue weighted by Crippen LogP contribution is -2.48. The number of halogens is 1. The smallest absolute Gasteiger partial charge is 0.241 e. The van der Waals surface area contributed by atoms with E-state index in [1.807, 2.05) is 44.2 Å². The van der Waals surface area contributed by atoms with Crippen LogP contribution in [0.1, 0.15) is 19.4 Å². The van der Waals surface area contributed by atoms with Crippen molar-refractivity contribution in [3.63, 3.8) is 0 Å². The second-order valence-corrected chi connectivity index (χ2v) is 8.92. The molecule has 1 atom stereocenters. The Balaban J connectivity index is 2.26. The van der Waals surface area contributed by atoms with E-state index in [1.165, 1.54) is 25.3 Å². The average molecular weight is 425 g/mol. The molecule has 2 rings (SSSR count). The zero-order chi connectivity index (χ0) is 20.7. The highest BCUT2D eigenvalue weighted by Gasteiger charge is 2.26. The molecule has 0 radical (unpaired) electrons. The van der Waals surface area contributed by atoms with Crippen molar-refractivity contribution >= 4 is 27.5 Å². The van der Waals surface area contributed by atoms with Crippen molar-refractivity contribution < 1.29 is 17.9 Å². The molecule has 0 bridgehead atoms. The third kappa shape index (κ3) is 6.22. The second kappa shape index (κ2) is 9.91. The molecule has 0 saturated heterocycles. The van der Waals surface area contributed by atoms with Crippen LogP contribution in [0, 0.1) is 5.92 Å². The number of ether oxygens (including phenoxy) is 1. The largest absolute Gasteiger partial charge is 0.495 e. The molecule has 0 fully saturated rings. The lowest BCUT2D eigenvalue weighted by Gasteiger charge is -2.20.